The van der Waals surface area contributed by atoms with Gasteiger partial charge in [0.15, 0.2) is 5.78 Å². The number of carbonyl (C=O) groups is 3. The van der Waals surface area contributed by atoms with Crippen LogP contribution < -0.4 is 0 Å². The third-order valence-electron chi connectivity index (χ3n) is 4.10. The van der Waals surface area contributed by atoms with E-state index >= 15 is 0 Å². The normalized spacial score (nSPS) is 14.2. The van der Waals surface area contributed by atoms with Crippen molar-refractivity contribution in [2.45, 2.75) is 51.5 Å². The van der Waals surface area contributed by atoms with E-state index in [-0.39, 0.29) is 38.3 Å². The molecule has 0 spiro atoms. The van der Waals surface area contributed by atoms with Crippen LogP contribution in [0.15, 0.2) is 30.3 Å². The molecule has 1 rings (SSSR count). The molecule has 0 saturated carbocycles. The second-order valence-corrected chi connectivity index (χ2v) is 7.16. The fourth-order valence-corrected chi connectivity index (χ4v) is 3.04. The first-order valence-corrected chi connectivity index (χ1v) is 9.34. The van der Waals surface area contributed by atoms with Crippen molar-refractivity contribution in [2.24, 2.45) is 5.41 Å². The van der Waals surface area contributed by atoms with E-state index in [1.165, 1.54) is 0 Å². The fraction of sp³-hybridized carbons (Fsp3) is 0.526. The Morgan fingerprint density at radius 1 is 1.12 bits per heavy atom. The molecule has 6 heteroatoms. The molecule has 0 aliphatic heterocycles. The largest absolute Gasteiger partial charge is 0.465 e. The highest BCUT2D eigenvalue weighted by Crippen LogP contribution is 2.34. The molecule has 1 aromatic rings. The highest BCUT2D eigenvalue weighted by Gasteiger charge is 2.46. The van der Waals surface area contributed by atoms with Gasteiger partial charge in [0, 0.05) is 6.42 Å². The van der Waals surface area contributed by atoms with Gasteiger partial charge in [-0.15, -0.1) is 0 Å². The van der Waals surface area contributed by atoms with Crippen LogP contribution in [0, 0.1) is 5.41 Å². The molecule has 0 amide bonds. The molecule has 0 N–H and O–H groups in total. The molecule has 0 aromatic heterocycles. The minimum absolute atomic E-state index is 0.0229. The Hall–Kier alpha value is -1.69. The zero-order valence-corrected chi connectivity index (χ0v) is 16.5. The summed E-state index contributed by atoms with van der Waals surface area (Å²) in [6.45, 7) is 5.46. The maximum absolute atomic E-state index is 12.6. The van der Waals surface area contributed by atoms with E-state index in [4.69, 9.17) is 9.47 Å². The number of alkyl halides is 1. The first-order valence-electron chi connectivity index (χ1n) is 8.42. The van der Waals surface area contributed by atoms with E-state index < -0.39 is 22.2 Å². The predicted molar refractivity (Wildman–Crippen MR) is 98.2 cm³/mol. The molecule has 0 fully saturated rings. The first-order chi connectivity index (χ1) is 11.9. The van der Waals surface area contributed by atoms with Crippen LogP contribution in [0.5, 0.6) is 0 Å². The summed E-state index contributed by atoms with van der Waals surface area (Å²) < 4.78 is 10.3. The topological polar surface area (TPSA) is 69.7 Å². The van der Waals surface area contributed by atoms with E-state index in [1.807, 2.05) is 30.3 Å². The molecular weight excluding hydrogens is 388 g/mol. The minimum atomic E-state index is -1.33. The lowest BCUT2D eigenvalue weighted by Crippen LogP contribution is -2.44. The molecule has 0 aliphatic rings. The Kier molecular flexibility index (Phi) is 8.83. The van der Waals surface area contributed by atoms with Crippen LogP contribution in [-0.2, 0) is 30.5 Å². The average Bonchev–Trinajstić information content (AvgIpc) is 2.61. The highest BCUT2D eigenvalue weighted by atomic mass is 79.9. The molecule has 0 saturated heterocycles. The van der Waals surface area contributed by atoms with Crippen LogP contribution in [0.4, 0.5) is 0 Å². The second kappa shape index (κ2) is 10.3. The summed E-state index contributed by atoms with van der Waals surface area (Å²) in [6.07, 6.45) is 0.322. The third-order valence-corrected chi connectivity index (χ3v) is 4.52. The van der Waals surface area contributed by atoms with E-state index in [1.54, 1.807) is 20.8 Å². The number of benzene rings is 1. The number of rotatable bonds is 10. The van der Waals surface area contributed by atoms with Gasteiger partial charge in [0.05, 0.1) is 11.4 Å². The number of halogens is 1. The lowest BCUT2D eigenvalue weighted by molar-refractivity contribution is -0.161. The van der Waals surface area contributed by atoms with Crippen molar-refractivity contribution in [1.29, 1.82) is 0 Å². The van der Waals surface area contributed by atoms with E-state index in [9.17, 15) is 14.4 Å². The van der Waals surface area contributed by atoms with Crippen molar-refractivity contribution in [1.82, 2.24) is 0 Å². The summed E-state index contributed by atoms with van der Waals surface area (Å²) in [5.41, 5.74) is -0.446. The molecule has 2 unspecified atom stereocenters. The molecule has 2 atom stereocenters. The summed E-state index contributed by atoms with van der Waals surface area (Å²) in [7, 11) is 0. The molecule has 1 aromatic carbocycles. The molecule has 0 bridgehead atoms. The number of ether oxygens (including phenoxy) is 2. The maximum Gasteiger partial charge on any atom is 0.319 e. The lowest BCUT2D eigenvalue weighted by Gasteiger charge is -2.29. The van der Waals surface area contributed by atoms with Crippen LogP contribution in [0.3, 0.4) is 0 Å². The van der Waals surface area contributed by atoms with Crippen LogP contribution in [-0.4, -0.2) is 29.2 Å². The van der Waals surface area contributed by atoms with Crippen molar-refractivity contribution in [3.63, 3.8) is 0 Å². The van der Waals surface area contributed by atoms with Gasteiger partial charge in [-0.2, -0.15) is 0 Å². The third kappa shape index (κ3) is 5.96. The Morgan fingerprint density at radius 2 is 1.76 bits per heavy atom. The van der Waals surface area contributed by atoms with Crippen LogP contribution in [0.25, 0.3) is 0 Å². The molecular formula is C19H25BrO5. The summed E-state index contributed by atoms with van der Waals surface area (Å²) >= 11 is 3.23. The zero-order chi connectivity index (χ0) is 18.9. The van der Waals surface area contributed by atoms with E-state index in [2.05, 4.69) is 15.9 Å². The van der Waals surface area contributed by atoms with Gasteiger partial charge in [-0.25, -0.2) is 0 Å². The van der Waals surface area contributed by atoms with Gasteiger partial charge in [-0.1, -0.05) is 53.2 Å². The standard InChI is InChI=1S/C19H25BrO5/c1-4-19(17(22)14(3)20,18(23)24-5-2)12-11-16(21)25-13-15-9-7-6-8-10-15/h6-10,14H,4-5,11-13H2,1-3H3. The lowest BCUT2D eigenvalue weighted by atomic mass is 9.75. The quantitative estimate of drug-likeness (QED) is 0.331. The molecule has 25 heavy (non-hydrogen) atoms. The Morgan fingerprint density at radius 3 is 2.28 bits per heavy atom. The molecule has 5 nitrogen and oxygen atoms in total. The second-order valence-electron chi connectivity index (χ2n) is 5.78. The Bertz CT molecular complexity index is 585. The number of Topliss-reactive ketones (excluding diaryl/α,β-unsaturated/α-hetero) is 1. The molecule has 0 aliphatic carbocycles. The van der Waals surface area contributed by atoms with Crippen molar-refractivity contribution in [3.8, 4) is 0 Å². The minimum Gasteiger partial charge on any atom is -0.465 e. The Balaban J connectivity index is 2.75. The molecule has 0 heterocycles. The average molecular weight is 413 g/mol. The first kappa shape index (κ1) is 21.4. The van der Waals surface area contributed by atoms with Gasteiger partial charge < -0.3 is 9.47 Å². The van der Waals surface area contributed by atoms with Crippen LogP contribution in [0.2, 0.25) is 0 Å². The van der Waals surface area contributed by atoms with E-state index in [0.29, 0.717) is 0 Å². The summed E-state index contributed by atoms with van der Waals surface area (Å²) in [5.74, 6) is -1.30. The van der Waals surface area contributed by atoms with E-state index in [0.717, 1.165) is 5.56 Å². The fourth-order valence-electron chi connectivity index (χ4n) is 2.60. The van der Waals surface area contributed by atoms with Gasteiger partial charge in [0.1, 0.15) is 12.0 Å². The number of ketones is 1. The van der Waals surface area contributed by atoms with Crippen LogP contribution in [0.1, 0.15) is 45.6 Å². The zero-order valence-electron chi connectivity index (χ0n) is 14.9. The summed E-state index contributed by atoms with van der Waals surface area (Å²) in [4.78, 5) is 36.6. The predicted octanol–water partition coefficient (Wildman–Crippen LogP) is 3.82. The monoisotopic (exact) mass is 412 g/mol. The SMILES string of the molecule is CCOC(=O)C(CC)(CCC(=O)OCc1ccccc1)C(=O)C(C)Br. The van der Waals surface area contributed by atoms with Gasteiger partial charge in [0.25, 0.3) is 0 Å². The molecule has 0 radical (unpaired) electrons. The van der Waals surface area contributed by atoms with Crippen molar-refractivity contribution >= 4 is 33.7 Å². The summed E-state index contributed by atoms with van der Waals surface area (Å²) in [5, 5.41) is 0. The van der Waals surface area contributed by atoms with Gasteiger partial charge in [0.2, 0.25) is 0 Å². The van der Waals surface area contributed by atoms with Gasteiger partial charge >= 0.3 is 11.9 Å². The smallest absolute Gasteiger partial charge is 0.319 e. The number of esters is 2. The van der Waals surface area contributed by atoms with Gasteiger partial charge in [-0.3, -0.25) is 14.4 Å². The Labute approximate surface area is 157 Å². The van der Waals surface area contributed by atoms with Crippen molar-refractivity contribution in [3.05, 3.63) is 35.9 Å². The number of hydrogen-bond acceptors (Lipinski definition) is 5. The number of carbonyl (C=O) groups excluding carboxylic acids is 3. The molecule has 138 valence electrons. The van der Waals surface area contributed by atoms with Crippen molar-refractivity contribution < 1.29 is 23.9 Å². The van der Waals surface area contributed by atoms with Gasteiger partial charge in [-0.05, 0) is 32.3 Å². The maximum atomic E-state index is 12.6. The highest BCUT2D eigenvalue weighted by molar-refractivity contribution is 9.10. The number of hydrogen-bond donors (Lipinski definition) is 0. The summed E-state index contributed by atoms with van der Waals surface area (Å²) in [6, 6.07) is 9.33. The van der Waals surface area contributed by atoms with Crippen LogP contribution >= 0.6 is 15.9 Å². The van der Waals surface area contributed by atoms with Crippen molar-refractivity contribution in [2.75, 3.05) is 6.61 Å².